The Morgan fingerprint density at radius 1 is 1.39 bits per heavy atom. The van der Waals surface area contributed by atoms with Gasteiger partial charge in [0.1, 0.15) is 18.0 Å². The molecule has 2 heterocycles. The predicted octanol–water partition coefficient (Wildman–Crippen LogP) is -0.683. The molecule has 1 aliphatic heterocycles. The number of aromatic nitrogens is 1. The van der Waals surface area contributed by atoms with Gasteiger partial charge in [0, 0.05) is 6.20 Å². The summed E-state index contributed by atoms with van der Waals surface area (Å²) in [6.45, 7) is 0. The van der Waals surface area contributed by atoms with Gasteiger partial charge >= 0.3 is 5.97 Å². The number of rotatable bonds is 3. The summed E-state index contributed by atoms with van der Waals surface area (Å²) in [6, 6.07) is 1.23. The first kappa shape index (κ1) is 12.8. The van der Waals surface area contributed by atoms with E-state index >= 15 is 0 Å². The lowest BCUT2D eigenvalue weighted by molar-refractivity contribution is 0.0687. The molecule has 2 atom stereocenters. The molecule has 8 heteroatoms. The van der Waals surface area contributed by atoms with Crippen molar-refractivity contribution in [2.24, 2.45) is 0 Å². The summed E-state index contributed by atoms with van der Waals surface area (Å²) >= 11 is 0. The van der Waals surface area contributed by atoms with Crippen LogP contribution in [0.5, 0.6) is 5.75 Å². The summed E-state index contributed by atoms with van der Waals surface area (Å²) in [5, 5.41) is 18.3. The Morgan fingerprint density at radius 3 is 2.67 bits per heavy atom. The molecule has 2 unspecified atom stereocenters. The van der Waals surface area contributed by atoms with Crippen molar-refractivity contribution in [3.8, 4) is 5.75 Å². The van der Waals surface area contributed by atoms with Crippen LogP contribution in [0.4, 0.5) is 0 Å². The number of carboxylic acid groups (broad SMARTS) is 1. The molecular weight excluding hydrogens is 262 g/mol. The van der Waals surface area contributed by atoms with Crippen LogP contribution in [-0.2, 0) is 9.84 Å². The van der Waals surface area contributed by atoms with Crippen molar-refractivity contribution < 1.29 is 28.2 Å². The third-order valence-corrected chi connectivity index (χ3v) is 4.21. The minimum Gasteiger partial charge on any atom is -0.485 e. The van der Waals surface area contributed by atoms with Crippen LogP contribution in [-0.4, -0.2) is 53.3 Å². The van der Waals surface area contributed by atoms with Gasteiger partial charge in [0.15, 0.2) is 9.84 Å². The number of ether oxygens (including phenoxy) is 1. The lowest BCUT2D eigenvalue weighted by atomic mass is 10.2. The third kappa shape index (κ3) is 2.77. The maximum absolute atomic E-state index is 11.3. The van der Waals surface area contributed by atoms with Crippen molar-refractivity contribution in [1.82, 2.24) is 4.98 Å². The Labute approximate surface area is 103 Å². The molecule has 2 N–H and O–H groups in total. The van der Waals surface area contributed by atoms with E-state index in [0.29, 0.717) is 0 Å². The molecule has 1 saturated heterocycles. The molecule has 7 nitrogen and oxygen atoms in total. The second-order valence-corrected chi connectivity index (χ2v) is 6.17. The molecule has 0 radical (unpaired) electrons. The quantitative estimate of drug-likeness (QED) is 0.749. The molecule has 98 valence electrons. The van der Waals surface area contributed by atoms with Gasteiger partial charge < -0.3 is 14.9 Å². The van der Waals surface area contributed by atoms with Gasteiger partial charge in [0.2, 0.25) is 0 Å². The van der Waals surface area contributed by atoms with Crippen LogP contribution in [0.2, 0.25) is 0 Å². The van der Waals surface area contributed by atoms with Crippen LogP contribution in [0.1, 0.15) is 10.4 Å². The maximum atomic E-state index is 11.3. The van der Waals surface area contributed by atoms with E-state index in [1.807, 2.05) is 0 Å². The molecule has 0 aromatic carbocycles. The number of aliphatic hydroxyl groups excluding tert-OH is 1. The van der Waals surface area contributed by atoms with Crippen LogP contribution >= 0.6 is 0 Å². The minimum atomic E-state index is -3.30. The Balaban J connectivity index is 2.15. The highest BCUT2D eigenvalue weighted by molar-refractivity contribution is 7.91. The number of hydrogen-bond donors (Lipinski definition) is 2. The van der Waals surface area contributed by atoms with Gasteiger partial charge in [-0.3, -0.25) is 4.98 Å². The molecular formula is C10H11NO6S. The van der Waals surface area contributed by atoms with E-state index < -0.39 is 28.0 Å². The largest absolute Gasteiger partial charge is 0.485 e. The van der Waals surface area contributed by atoms with Gasteiger partial charge in [-0.1, -0.05) is 0 Å². The number of aliphatic hydroxyl groups is 1. The summed E-state index contributed by atoms with van der Waals surface area (Å²) in [7, 11) is -3.30. The van der Waals surface area contributed by atoms with Crippen molar-refractivity contribution in [3.63, 3.8) is 0 Å². The van der Waals surface area contributed by atoms with Crippen molar-refractivity contribution in [1.29, 1.82) is 0 Å². The first-order valence-electron chi connectivity index (χ1n) is 5.11. The molecule has 0 amide bonds. The number of aromatic carboxylic acids is 1. The summed E-state index contributed by atoms with van der Waals surface area (Å²) < 4.78 is 27.8. The monoisotopic (exact) mass is 273 g/mol. The standard InChI is InChI=1S/C10H11NO6S/c12-8-4-18(15,16)5-9(8)17-7-1-6(10(13)14)2-11-3-7/h1-3,8-9,12H,4-5H2,(H,13,14). The van der Waals surface area contributed by atoms with Gasteiger partial charge in [-0.2, -0.15) is 0 Å². The Kier molecular flexibility index (Phi) is 3.22. The van der Waals surface area contributed by atoms with Crippen molar-refractivity contribution in [3.05, 3.63) is 24.0 Å². The Morgan fingerprint density at radius 2 is 2.11 bits per heavy atom. The zero-order valence-corrected chi connectivity index (χ0v) is 10.0. The molecule has 18 heavy (non-hydrogen) atoms. The molecule has 0 bridgehead atoms. The van der Waals surface area contributed by atoms with Crippen molar-refractivity contribution >= 4 is 15.8 Å². The van der Waals surface area contributed by atoms with Crippen LogP contribution in [0.25, 0.3) is 0 Å². The Hall–Kier alpha value is -1.67. The maximum Gasteiger partial charge on any atom is 0.337 e. The van der Waals surface area contributed by atoms with E-state index in [-0.39, 0.29) is 22.8 Å². The zero-order chi connectivity index (χ0) is 13.3. The van der Waals surface area contributed by atoms with Crippen LogP contribution in [0.15, 0.2) is 18.5 Å². The van der Waals surface area contributed by atoms with Gasteiger partial charge in [-0.25, -0.2) is 13.2 Å². The molecule has 1 aromatic rings. The lowest BCUT2D eigenvalue weighted by Crippen LogP contribution is -2.29. The van der Waals surface area contributed by atoms with Crippen molar-refractivity contribution in [2.45, 2.75) is 12.2 Å². The summed E-state index contributed by atoms with van der Waals surface area (Å²) in [5.74, 6) is -1.67. The summed E-state index contributed by atoms with van der Waals surface area (Å²) in [4.78, 5) is 14.4. The van der Waals surface area contributed by atoms with E-state index in [1.165, 1.54) is 12.3 Å². The second-order valence-electron chi connectivity index (χ2n) is 4.02. The van der Waals surface area contributed by atoms with Gasteiger partial charge in [0.25, 0.3) is 0 Å². The SMILES string of the molecule is O=C(O)c1cncc(OC2CS(=O)(=O)CC2O)c1. The first-order chi connectivity index (χ1) is 8.37. The second kappa shape index (κ2) is 4.54. The fraction of sp³-hybridized carbons (Fsp3) is 0.400. The van der Waals surface area contributed by atoms with Gasteiger partial charge in [-0.05, 0) is 6.07 Å². The fourth-order valence-electron chi connectivity index (χ4n) is 1.68. The van der Waals surface area contributed by atoms with Gasteiger partial charge in [0.05, 0.1) is 23.3 Å². The molecule has 1 fully saturated rings. The molecule has 0 spiro atoms. The third-order valence-electron chi connectivity index (χ3n) is 2.52. The van der Waals surface area contributed by atoms with E-state index in [2.05, 4.69) is 4.98 Å². The average molecular weight is 273 g/mol. The summed E-state index contributed by atoms with van der Waals surface area (Å²) in [5.41, 5.74) is -0.0668. The zero-order valence-electron chi connectivity index (χ0n) is 9.18. The summed E-state index contributed by atoms with van der Waals surface area (Å²) in [6.07, 6.45) is 0.422. The Bertz CT molecular complexity index is 569. The van der Waals surface area contributed by atoms with E-state index in [9.17, 15) is 18.3 Å². The van der Waals surface area contributed by atoms with E-state index in [0.717, 1.165) is 6.20 Å². The number of carboxylic acids is 1. The number of pyridine rings is 1. The number of sulfone groups is 1. The first-order valence-corrected chi connectivity index (χ1v) is 6.93. The van der Waals surface area contributed by atoms with Crippen LogP contribution in [0, 0.1) is 0 Å². The highest BCUT2D eigenvalue weighted by Gasteiger charge is 2.38. The molecule has 2 rings (SSSR count). The van der Waals surface area contributed by atoms with Crippen molar-refractivity contribution in [2.75, 3.05) is 11.5 Å². The highest BCUT2D eigenvalue weighted by Crippen LogP contribution is 2.20. The number of hydrogen-bond acceptors (Lipinski definition) is 6. The normalized spacial score (nSPS) is 25.8. The average Bonchev–Trinajstić information content (AvgIpc) is 2.52. The lowest BCUT2D eigenvalue weighted by Gasteiger charge is -2.15. The molecule has 1 aromatic heterocycles. The number of nitrogens with zero attached hydrogens (tertiary/aromatic N) is 1. The predicted molar refractivity (Wildman–Crippen MR) is 60.3 cm³/mol. The number of carbonyl (C=O) groups is 1. The van der Waals surface area contributed by atoms with Crippen LogP contribution in [0.3, 0.4) is 0 Å². The molecule has 0 aliphatic carbocycles. The highest BCUT2D eigenvalue weighted by atomic mass is 32.2. The van der Waals surface area contributed by atoms with E-state index in [4.69, 9.17) is 9.84 Å². The van der Waals surface area contributed by atoms with Gasteiger partial charge in [-0.15, -0.1) is 0 Å². The molecule has 1 aliphatic rings. The fourth-order valence-corrected chi connectivity index (χ4v) is 3.35. The van der Waals surface area contributed by atoms with E-state index in [1.54, 1.807) is 0 Å². The minimum absolute atomic E-state index is 0.0668. The topological polar surface area (TPSA) is 114 Å². The molecule has 0 saturated carbocycles. The van der Waals surface area contributed by atoms with Crippen LogP contribution < -0.4 is 4.74 Å². The smallest absolute Gasteiger partial charge is 0.337 e.